The van der Waals surface area contributed by atoms with Gasteiger partial charge in [-0.2, -0.15) is 0 Å². The molecule has 0 aromatic heterocycles. The third-order valence-electron chi connectivity index (χ3n) is 3.39. The summed E-state index contributed by atoms with van der Waals surface area (Å²) >= 11 is 0. The molecule has 0 fully saturated rings. The summed E-state index contributed by atoms with van der Waals surface area (Å²) in [6, 6.07) is 9.22. The van der Waals surface area contributed by atoms with E-state index in [4.69, 9.17) is 4.99 Å². The maximum absolute atomic E-state index is 4.73. The van der Waals surface area contributed by atoms with Crippen LogP contribution >= 0.6 is 0 Å². The first-order valence-electron chi connectivity index (χ1n) is 6.88. The number of nitrogens with one attached hydrogen (secondary N) is 1. The van der Waals surface area contributed by atoms with Crippen LogP contribution in [0.25, 0.3) is 0 Å². The fourth-order valence-corrected chi connectivity index (χ4v) is 2.11. The summed E-state index contributed by atoms with van der Waals surface area (Å²) < 4.78 is 0. The van der Waals surface area contributed by atoms with Crippen LogP contribution in [0.5, 0.6) is 0 Å². The lowest BCUT2D eigenvalue weighted by Crippen LogP contribution is -2.41. The lowest BCUT2D eigenvalue weighted by Gasteiger charge is -2.29. The van der Waals surface area contributed by atoms with Crippen molar-refractivity contribution in [1.82, 2.24) is 10.2 Å². The van der Waals surface area contributed by atoms with Crippen LogP contribution < -0.4 is 5.32 Å². The maximum atomic E-state index is 4.73. The quantitative estimate of drug-likeness (QED) is 0.900. The van der Waals surface area contributed by atoms with Crippen molar-refractivity contribution in [2.75, 3.05) is 6.67 Å². The molecular weight excluding hydrogens is 234 g/mol. The molecule has 1 heterocycles. The third kappa shape index (κ3) is 3.60. The van der Waals surface area contributed by atoms with Crippen molar-refractivity contribution in [2.45, 2.75) is 39.8 Å². The lowest BCUT2D eigenvalue weighted by molar-refractivity contribution is 0.300. The molecule has 102 valence electrons. The normalized spacial score (nSPS) is 18.8. The Morgan fingerprint density at radius 3 is 2.63 bits per heavy atom. The van der Waals surface area contributed by atoms with E-state index in [1.165, 1.54) is 11.1 Å². The van der Waals surface area contributed by atoms with E-state index in [-0.39, 0.29) is 6.04 Å². The standard InChI is InChI=1S/C16H23N3/c1-12(2)19-9-8-16(17-11-19)18-14(4)15-7-5-6-13(3)10-15/h5-10,12,14H,11H2,1-4H3,(H,17,18)/t14-/m0/s1. The zero-order chi connectivity index (χ0) is 13.8. The van der Waals surface area contributed by atoms with Crippen LogP contribution in [0.1, 0.15) is 37.9 Å². The summed E-state index contributed by atoms with van der Waals surface area (Å²) in [5.41, 5.74) is 2.54. The summed E-state index contributed by atoms with van der Waals surface area (Å²) in [5.74, 6) is 0.964. The first kappa shape index (κ1) is 13.7. The van der Waals surface area contributed by atoms with Gasteiger partial charge in [0.15, 0.2) is 0 Å². The molecule has 1 atom stereocenters. The maximum Gasteiger partial charge on any atom is 0.124 e. The second-order valence-electron chi connectivity index (χ2n) is 5.36. The Bertz CT molecular complexity index is 489. The van der Waals surface area contributed by atoms with Crippen molar-refractivity contribution in [3.8, 4) is 0 Å². The van der Waals surface area contributed by atoms with Crippen LogP contribution in [0.15, 0.2) is 41.5 Å². The van der Waals surface area contributed by atoms with Gasteiger partial charge in [0.2, 0.25) is 0 Å². The molecule has 0 saturated carbocycles. The molecule has 0 spiro atoms. The molecule has 19 heavy (non-hydrogen) atoms. The number of benzene rings is 1. The first-order chi connectivity index (χ1) is 9.06. The molecule has 1 aromatic carbocycles. The molecule has 1 aliphatic rings. The average molecular weight is 257 g/mol. The summed E-state index contributed by atoms with van der Waals surface area (Å²) in [7, 11) is 0. The van der Waals surface area contributed by atoms with E-state index in [2.05, 4.69) is 74.5 Å². The Kier molecular flexibility index (Phi) is 4.25. The van der Waals surface area contributed by atoms with Gasteiger partial charge < -0.3 is 10.2 Å². The molecule has 2 rings (SSSR count). The zero-order valence-corrected chi connectivity index (χ0v) is 12.2. The van der Waals surface area contributed by atoms with Crippen LogP contribution in [0.3, 0.4) is 0 Å². The van der Waals surface area contributed by atoms with E-state index in [9.17, 15) is 0 Å². The molecule has 0 bridgehead atoms. The average Bonchev–Trinajstić information content (AvgIpc) is 2.39. The minimum Gasteiger partial charge on any atom is -0.358 e. The molecule has 0 saturated heterocycles. The van der Waals surface area contributed by atoms with Gasteiger partial charge in [-0.3, -0.25) is 4.99 Å². The number of hydrogen-bond donors (Lipinski definition) is 1. The predicted octanol–water partition coefficient (Wildman–Crippen LogP) is 3.24. The van der Waals surface area contributed by atoms with Crippen LogP contribution in [-0.2, 0) is 0 Å². The van der Waals surface area contributed by atoms with Crippen molar-refractivity contribution in [3.05, 3.63) is 47.7 Å². The highest BCUT2D eigenvalue weighted by atomic mass is 15.3. The van der Waals surface area contributed by atoms with Gasteiger partial charge in [-0.05, 0) is 39.3 Å². The van der Waals surface area contributed by atoms with Crippen LogP contribution in [0.2, 0.25) is 0 Å². The number of hydrogen-bond acceptors (Lipinski definition) is 2. The second kappa shape index (κ2) is 5.91. The van der Waals surface area contributed by atoms with E-state index >= 15 is 0 Å². The number of rotatable bonds is 3. The molecule has 3 heteroatoms. The van der Waals surface area contributed by atoms with Crippen LogP contribution in [-0.4, -0.2) is 23.4 Å². The van der Waals surface area contributed by atoms with Gasteiger partial charge in [-0.1, -0.05) is 29.8 Å². The molecular formula is C16H23N3. The van der Waals surface area contributed by atoms with E-state index in [0.29, 0.717) is 6.04 Å². The molecule has 1 N–H and O–H groups in total. The fourth-order valence-electron chi connectivity index (χ4n) is 2.11. The number of amidine groups is 1. The highest BCUT2D eigenvalue weighted by Crippen LogP contribution is 2.18. The summed E-state index contributed by atoms with van der Waals surface area (Å²) in [6.07, 6.45) is 4.17. The van der Waals surface area contributed by atoms with E-state index in [0.717, 1.165) is 12.5 Å². The van der Waals surface area contributed by atoms with Crippen molar-refractivity contribution in [2.24, 2.45) is 4.99 Å². The van der Waals surface area contributed by atoms with Gasteiger partial charge in [-0.15, -0.1) is 0 Å². The Hall–Kier alpha value is -1.77. The number of aryl methyl sites for hydroxylation is 1. The van der Waals surface area contributed by atoms with E-state index < -0.39 is 0 Å². The largest absolute Gasteiger partial charge is 0.358 e. The van der Waals surface area contributed by atoms with Crippen LogP contribution in [0, 0.1) is 6.92 Å². The van der Waals surface area contributed by atoms with E-state index in [1.54, 1.807) is 0 Å². The molecule has 3 nitrogen and oxygen atoms in total. The minimum atomic E-state index is 0.178. The number of nitrogens with zero attached hydrogens (tertiary/aromatic N) is 2. The second-order valence-corrected chi connectivity index (χ2v) is 5.36. The summed E-state index contributed by atoms with van der Waals surface area (Å²) in [4.78, 5) is 6.98. The van der Waals surface area contributed by atoms with Crippen LogP contribution in [0.4, 0.5) is 0 Å². The lowest BCUT2D eigenvalue weighted by atomic mass is 10.1. The Balaban J connectivity index is 2.08. The molecule has 1 aliphatic heterocycles. The Morgan fingerprint density at radius 2 is 2.05 bits per heavy atom. The van der Waals surface area contributed by atoms with Gasteiger partial charge in [0, 0.05) is 12.2 Å². The zero-order valence-electron chi connectivity index (χ0n) is 12.2. The molecule has 1 aromatic rings. The van der Waals surface area contributed by atoms with Crippen molar-refractivity contribution < 1.29 is 0 Å². The minimum absolute atomic E-state index is 0.178. The van der Waals surface area contributed by atoms with Gasteiger partial charge in [0.05, 0.1) is 12.7 Å². The SMILES string of the molecule is Cc1cccc([C@H](C)N=C2C=CN(C(C)C)CN2)c1. The summed E-state index contributed by atoms with van der Waals surface area (Å²) in [6.45, 7) is 9.44. The third-order valence-corrected chi connectivity index (χ3v) is 3.39. The molecule has 0 radical (unpaired) electrons. The van der Waals surface area contributed by atoms with Gasteiger partial charge in [0.25, 0.3) is 0 Å². The van der Waals surface area contributed by atoms with Crippen molar-refractivity contribution in [3.63, 3.8) is 0 Å². The van der Waals surface area contributed by atoms with Crippen molar-refractivity contribution in [1.29, 1.82) is 0 Å². The first-order valence-corrected chi connectivity index (χ1v) is 6.88. The molecule has 0 aliphatic carbocycles. The molecule has 0 amide bonds. The highest BCUT2D eigenvalue weighted by molar-refractivity contribution is 5.93. The smallest absolute Gasteiger partial charge is 0.124 e. The Morgan fingerprint density at radius 1 is 1.26 bits per heavy atom. The predicted molar refractivity (Wildman–Crippen MR) is 81.1 cm³/mol. The van der Waals surface area contributed by atoms with E-state index in [1.807, 2.05) is 0 Å². The number of aliphatic imine (C=N–C) groups is 1. The van der Waals surface area contributed by atoms with Gasteiger partial charge in [0.1, 0.15) is 5.84 Å². The topological polar surface area (TPSA) is 27.6 Å². The Labute approximate surface area is 116 Å². The summed E-state index contributed by atoms with van der Waals surface area (Å²) in [5, 5.41) is 3.35. The van der Waals surface area contributed by atoms with Gasteiger partial charge >= 0.3 is 0 Å². The molecule has 0 unspecified atom stereocenters. The fraction of sp³-hybridized carbons (Fsp3) is 0.438. The van der Waals surface area contributed by atoms with Crippen molar-refractivity contribution >= 4 is 5.84 Å². The highest BCUT2D eigenvalue weighted by Gasteiger charge is 2.11. The van der Waals surface area contributed by atoms with Gasteiger partial charge in [-0.25, -0.2) is 0 Å². The monoisotopic (exact) mass is 257 g/mol.